The fourth-order valence-electron chi connectivity index (χ4n) is 3.32. The molecule has 1 saturated heterocycles. The zero-order valence-electron chi connectivity index (χ0n) is 14.1. The van der Waals surface area contributed by atoms with E-state index in [1.54, 1.807) is 0 Å². The van der Waals surface area contributed by atoms with Crippen molar-refractivity contribution in [3.63, 3.8) is 0 Å². The Labute approximate surface area is 158 Å². The quantitative estimate of drug-likeness (QED) is 0.824. The van der Waals surface area contributed by atoms with E-state index in [9.17, 15) is 4.79 Å². The molecule has 2 aromatic rings. The molecule has 25 heavy (non-hydrogen) atoms. The highest BCUT2D eigenvalue weighted by Crippen LogP contribution is 2.16. The van der Waals surface area contributed by atoms with Gasteiger partial charge < -0.3 is 10.2 Å². The molecule has 0 spiro atoms. The van der Waals surface area contributed by atoms with E-state index in [0.29, 0.717) is 11.6 Å². The van der Waals surface area contributed by atoms with Gasteiger partial charge in [-0.2, -0.15) is 0 Å². The summed E-state index contributed by atoms with van der Waals surface area (Å²) in [6.07, 6.45) is 1.86. The highest BCUT2D eigenvalue weighted by Gasteiger charge is 2.27. The summed E-state index contributed by atoms with van der Waals surface area (Å²) in [6, 6.07) is 15.7. The number of carbonyl (C=O) groups is 1. The van der Waals surface area contributed by atoms with Crippen LogP contribution in [0.1, 0.15) is 24.0 Å². The minimum Gasteiger partial charge on any atom is -0.352 e. The van der Waals surface area contributed by atoms with Crippen LogP contribution in [0.15, 0.2) is 48.5 Å². The summed E-state index contributed by atoms with van der Waals surface area (Å²) < 4.78 is 0. The lowest BCUT2D eigenvalue weighted by Crippen LogP contribution is -3.11. The molecule has 0 aromatic heterocycles. The smallest absolute Gasteiger partial charge is 0.223 e. The predicted molar refractivity (Wildman–Crippen MR) is 102 cm³/mol. The van der Waals surface area contributed by atoms with Crippen LogP contribution < -0.4 is 10.2 Å². The van der Waals surface area contributed by atoms with E-state index >= 15 is 0 Å². The van der Waals surface area contributed by atoms with E-state index in [4.69, 9.17) is 23.2 Å². The fraction of sp³-hybridized carbons (Fsp3) is 0.350. The van der Waals surface area contributed by atoms with E-state index in [0.717, 1.165) is 43.1 Å². The standard InChI is InChI=1S/C20H22Cl2N2O/c21-18-7-5-15(6-8-18)14-24-11-9-16(10-12-24)20(25)23-13-17-3-1-2-4-19(17)22/h1-8,16H,9-14H2,(H,23,25)/p+1. The molecule has 2 aromatic carbocycles. The first-order valence-electron chi connectivity index (χ1n) is 8.71. The fourth-order valence-corrected chi connectivity index (χ4v) is 3.65. The molecule has 1 heterocycles. The van der Waals surface area contributed by atoms with E-state index in [1.165, 1.54) is 10.5 Å². The van der Waals surface area contributed by atoms with Gasteiger partial charge in [-0.3, -0.25) is 4.79 Å². The molecule has 0 atom stereocenters. The summed E-state index contributed by atoms with van der Waals surface area (Å²) in [6.45, 7) is 3.53. The lowest BCUT2D eigenvalue weighted by molar-refractivity contribution is -0.919. The predicted octanol–water partition coefficient (Wildman–Crippen LogP) is 3.10. The first kappa shape index (κ1) is 18.2. The highest BCUT2D eigenvalue weighted by atomic mass is 35.5. The van der Waals surface area contributed by atoms with Crippen molar-refractivity contribution in [2.75, 3.05) is 13.1 Å². The monoisotopic (exact) mass is 377 g/mol. The van der Waals surface area contributed by atoms with Crippen LogP contribution in [-0.2, 0) is 17.9 Å². The van der Waals surface area contributed by atoms with Crippen LogP contribution in [0.3, 0.4) is 0 Å². The lowest BCUT2D eigenvalue weighted by atomic mass is 9.95. The molecular weight excluding hydrogens is 355 g/mol. The third-order valence-electron chi connectivity index (χ3n) is 4.84. The van der Waals surface area contributed by atoms with Gasteiger partial charge in [-0.15, -0.1) is 0 Å². The number of likely N-dealkylation sites (tertiary alicyclic amines) is 1. The van der Waals surface area contributed by atoms with Gasteiger partial charge in [0.05, 0.1) is 13.1 Å². The average Bonchev–Trinajstić information content (AvgIpc) is 2.63. The van der Waals surface area contributed by atoms with Gasteiger partial charge in [0.15, 0.2) is 0 Å². The van der Waals surface area contributed by atoms with E-state index < -0.39 is 0 Å². The Balaban J connectivity index is 1.44. The molecule has 2 N–H and O–H groups in total. The molecule has 0 radical (unpaired) electrons. The van der Waals surface area contributed by atoms with Crippen LogP contribution in [0, 0.1) is 5.92 Å². The van der Waals surface area contributed by atoms with E-state index in [2.05, 4.69) is 17.4 Å². The molecule has 132 valence electrons. The van der Waals surface area contributed by atoms with Gasteiger partial charge in [0, 0.05) is 40.9 Å². The number of piperidine rings is 1. The Hall–Kier alpha value is -1.55. The highest BCUT2D eigenvalue weighted by molar-refractivity contribution is 6.31. The molecule has 3 nitrogen and oxygen atoms in total. The van der Waals surface area contributed by atoms with Crippen molar-refractivity contribution in [1.29, 1.82) is 0 Å². The number of amides is 1. The van der Waals surface area contributed by atoms with Gasteiger partial charge in [-0.1, -0.05) is 53.5 Å². The van der Waals surface area contributed by atoms with Crippen molar-refractivity contribution in [2.24, 2.45) is 5.92 Å². The van der Waals surface area contributed by atoms with Gasteiger partial charge in [0.2, 0.25) is 5.91 Å². The molecule has 0 bridgehead atoms. The third kappa shape index (κ3) is 5.21. The minimum atomic E-state index is 0.108. The number of halogens is 2. The topological polar surface area (TPSA) is 33.5 Å². The minimum absolute atomic E-state index is 0.108. The van der Waals surface area contributed by atoms with Crippen LogP contribution in [0.2, 0.25) is 10.0 Å². The maximum atomic E-state index is 12.4. The molecule has 1 amide bonds. The second kappa shape index (κ2) is 8.70. The van der Waals surface area contributed by atoms with Crippen molar-refractivity contribution in [3.8, 4) is 0 Å². The van der Waals surface area contributed by atoms with Gasteiger partial charge in [0.1, 0.15) is 6.54 Å². The van der Waals surface area contributed by atoms with Crippen molar-refractivity contribution in [1.82, 2.24) is 5.32 Å². The van der Waals surface area contributed by atoms with Crippen LogP contribution >= 0.6 is 23.2 Å². The van der Waals surface area contributed by atoms with Gasteiger partial charge in [0.25, 0.3) is 0 Å². The maximum absolute atomic E-state index is 12.4. The number of nitrogens with one attached hydrogen (secondary N) is 2. The van der Waals surface area contributed by atoms with Gasteiger partial charge in [-0.25, -0.2) is 0 Å². The molecule has 1 aliphatic heterocycles. The molecule has 5 heteroatoms. The van der Waals surface area contributed by atoms with Crippen molar-refractivity contribution in [2.45, 2.75) is 25.9 Å². The summed E-state index contributed by atoms with van der Waals surface area (Å²) in [4.78, 5) is 13.9. The zero-order valence-corrected chi connectivity index (χ0v) is 15.6. The lowest BCUT2D eigenvalue weighted by Gasteiger charge is -2.28. The molecule has 1 fully saturated rings. The average molecular weight is 378 g/mol. The zero-order chi connectivity index (χ0) is 17.6. The Bertz CT molecular complexity index is 710. The number of carbonyl (C=O) groups excluding carboxylic acids is 1. The molecule has 0 saturated carbocycles. The first-order valence-corrected chi connectivity index (χ1v) is 9.46. The number of quaternary nitrogens is 1. The summed E-state index contributed by atoms with van der Waals surface area (Å²) in [5.74, 6) is 0.252. The number of hydrogen-bond acceptors (Lipinski definition) is 1. The van der Waals surface area contributed by atoms with E-state index in [1.807, 2.05) is 36.4 Å². The Morgan fingerprint density at radius 2 is 1.72 bits per heavy atom. The maximum Gasteiger partial charge on any atom is 0.223 e. The van der Waals surface area contributed by atoms with Gasteiger partial charge in [-0.05, 0) is 23.8 Å². The van der Waals surface area contributed by atoms with Crippen LogP contribution in [0.5, 0.6) is 0 Å². The van der Waals surface area contributed by atoms with Crippen LogP contribution in [-0.4, -0.2) is 19.0 Å². The molecule has 0 aliphatic carbocycles. The number of hydrogen-bond donors (Lipinski definition) is 2. The molecule has 3 rings (SSSR count). The van der Waals surface area contributed by atoms with Crippen molar-refractivity contribution < 1.29 is 9.69 Å². The summed E-state index contributed by atoms with van der Waals surface area (Å²) in [7, 11) is 0. The van der Waals surface area contributed by atoms with E-state index in [-0.39, 0.29) is 11.8 Å². The van der Waals surface area contributed by atoms with Crippen LogP contribution in [0.4, 0.5) is 0 Å². The largest absolute Gasteiger partial charge is 0.352 e. The summed E-state index contributed by atoms with van der Waals surface area (Å²) in [5.41, 5.74) is 2.25. The van der Waals surface area contributed by atoms with Crippen molar-refractivity contribution >= 4 is 29.1 Å². The SMILES string of the molecule is O=C(NCc1ccccc1Cl)C1CC[NH+](Cc2ccc(Cl)cc2)CC1. The molecular formula is C20H23Cl2N2O+. The summed E-state index contributed by atoms with van der Waals surface area (Å²) in [5, 5.41) is 4.50. The second-order valence-electron chi connectivity index (χ2n) is 6.64. The Kier molecular flexibility index (Phi) is 6.35. The third-order valence-corrected chi connectivity index (χ3v) is 5.46. The Morgan fingerprint density at radius 1 is 1.04 bits per heavy atom. The molecule has 1 aliphatic rings. The second-order valence-corrected chi connectivity index (χ2v) is 7.48. The van der Waals surface area contributed by atoms with Crippen molar-refractivity contribution in [3.05, 3.63) is 69.7 Å². The number of benzene rings is 2. The molecule has 0 unspecified atom stereocenters. The normalized spacial score (nSPS) is 20.2. The number of rotatable bonds is 5. The summed E-state index contributed by atoms with van der Waals surface area (Å²) >= 11 is 12.1. The first-order chi connectivity index (χ1) is 12.1. The van der Waals surface area contributed by atoms with Crippen LogP contribution in [0.25, 0.3) is 0 Å². The Morgan fingerprint density at radius 3 is 2.40 bits per heavy atom. The van der Waals surface area contributed by atoms with Gasteiger partial charge >= 0.3 is 0 Å².